The molecule has 0 bridgehead atoms. The van der Waals surface area contributed by atoms with Crippen molar-refractivity contribution >= 4 is 23.5 Å². The van der Waals surface area contributed by atoms with Crippen LogP contribution in [0, 0.1) is 5.82 Å². The van der Waals surface area contributed by atoms with E-state index in [1.807, 2.05) is 0 Å². The van der Waals surface area contributed by atoms with E-state index < -0.39 is 71.7 Å². The van der Waals surface area contributed by atoms with Crippen LogP contribution in [0.15, 0.2) is 15.8 Å². The Morgan fingerprint density at radius 1 is 1.07 bits per heavy atom. The molecular weight excluding hydrogens is 489 g/mol. The molecular formula is C9H14FN2O15P3. The number of aromatic amines is 1. The van der Waals surface area contributed by atoms with E-state index in [0.29, 0.717) is 10.8 Å². The quantitative estimate of drug-likeness (QED) is 0.183. The first kappa shape index (κ1) is 25.2. The predicted molar refractivity (Wildman–Crippen MR) is 87.0 cm³/mol. The number of aliphatic hydroxyl groups is 2. The van der Waals surface area contributed by atoms with E-state index in [9.17, 15) is 42.8 Å². The maximum absolute atomic E-state index is 13.4. The summed E-state index contributed by atoms with van der Waals surface area (Å²) in [6.07, 6.45) is -6.95. The molecule has 0 spiro atoms. The van der Waals surface area contributed by atoms with E-state index in [2.05, 4.69) is 13.1 Å². The van der Waals surface area contributed by atoms with Crippen LogP contribution in [0.3, 0.4) is 0 Å². The average molecular weight is 503 g/mol. The van der Waals surface area contributed by atoms with Crippen molar-refractivity contribution in [3.63, 3.8) is 0 Å². The Balaban J connectivity index is 2.09. The van der Waals surface area contributed by atoms with Crippen LogP contribution < -0.4 is 11.2 Å². The number of nitrogens with zero attached hydrogens (tertiary/aromatic N) is 1. The summed E-state index contributed by atoms with van der Waals surface area (Å²) in [5.74, 6) is -1.43. The summed E-state index contributed by atoms with van der Waals surface area (Å²) in [6, 6.07) is 0. The zero-order valence-electron chi connectivity index (χ0n) is 14.1. The third kappa shape index (κ3) is 6.45. The molecule has 0 radical (unpaired) electrons. The highest BCUT2D eigenvalue weighted by Crippen LogP contribution is 2.66. The van der Waals surface area contributed by atoms with Crippen molar-refractivity contribution in [1.29, 1.82) is 0 Å². The fourth-order valence-electron chi connectivity index (χ4n) is 2.22. The zero-order valence-corrected chi connectivity index (χ0v) is 16.8. The largest absolute Gasteiger partial charge is 0.490 e. The minimum absolute atomic E-state index is 0.368. The molecule has 7 N–H and O–H groups in total. The summed E-state index contributed by atoms with van der Waals surface area (Å²) in [5, 5.41) is 19.9. The molecule has 1 aliphatic rings. The van der Waals surface area contributed by atoms with E-state index >= 15 is 0 Å². The molecule has 1 fully saturated rings. The van der Waals surface area contributed by atoms with Crippen LogP contribution in [0.4, 0.5) is 4.39 Å². The molecule has 1 aliphatic heterocycles. The van der Waals surface area contributed by atoms with E-state index in [1.165, 1.54) is 0 Å². The first-order valence-electron chi connectivity index (χ1n) is 7.32. The average Bonchev–Trinajstić information content (AvgIpc) is 2.81. The van der Waals surface area contributed by atoms with Gasteiger partial charge in [0.25, 0.3) is 5.56 Å². The minimum atomic E-state index is -5.78. The lowest BCUT2D eigenvalue weighted by Gasteiger charge is -2.19. The minimum Gasteiger partial charge on any atom is -0.387 e. The number of phosphoric acid groups is 3. The monoisotopic (exact) mass is 503 g/mol. The summed E-state index contributed by atoms with van der Waals surface area (Å²) >= 11 is 0. The summed E-state index contributed by atoms with van der Waals surface area (Å²) in [6.45, 7) is -1.14. The van der Waals surface area contributed by atoms with Crippen LogP contribution >= 0.6 is 23.5 Å². The maximum Gasteiger partial charge on any atom is 0.490 e. The number of ether oxygens (including phenoxy) is 1. The highest BCUT2D eigenvalue weighted by atomic mass is 31.3. The van der Waals surface area contributed by atoms with Gasteiger partial charge in [0, 0.05) is 0 Å². The standard InChI is InChI=1S/C9H14FN2O15P3/c10-3-1-12(9(16)11-7(3)15)8-6(14)5(13)4(25-8)2-24-29(20,21)27-30(22,23)26-28(17,18)19/h1,4-6,8,13-14H,2H2,(H,20,21)(H,22,23)(H,11,15,16)(H2,17,18,19)/t4-,5-,6-,8-/m1/s1/i3+1. The maximum atomic E-state index is 13.4. The zero-order chi connectivity index (χ0) is 23.1. The number of H-pyrrole nitrogens is 1. The summed E-state index contributed by atoms with van der Waals surface area (Å²) in [7, 11) is -16.9. The molecule has 1 saturated heterocycles. The Hall–Kier alpha value is -1.10. The van der Waals surface area contributed by atoms with E-state index in [-0.39, 0.29) is 0 Å². The van der Waals surface area contributed by atoms with Gasteiger partial charge in [-0.05, 0) is 0 Å². The molecule has 0 amide bonds. The van der Waals surface area contributed by atoms with Crippen LogP contribution in [0.2, 0.25) is 0 Å². The third-order valence-corrected chi connectivity index (χ3v) is 7.16. The Labute approximate surface area is 163 Å². The van der Waals surface area contributed by atoms with Crippen molar-refractivity contribution in [2.24, 2.45) is 0 Å². The summed E-state index contributed by atoms with van der Waals surface area (Å²) in [5.41, 5.74) is -2.60. The predicted octanol–water partition coefficient (Wildman–Crippen LogP) is -2.36. The summed E-state index contributed by atoms with van der Waals surface area (Å²) in [4.78, 5) is 59.5. The normalized spacial score (nSPS) is 28.8. The molecule has 2 heterocycles. The number of hydrogen-bond acceptors (Lipinski definition) is 11. The lowest BCUT2D eigenvalue weighted by Crippen LogP contribution is -2.38. The van der Waals surface area contributed by atoms with Crippen LogP contribution in [0.1, 0.15) is 6.23 Å². The fraction of sp³-hybridized carbons (Fsp3) is 0.556. The van der Waals surface area contributed by atoms with Crippen molar-refractivity contribution in [1.82, 2.24) is 9.55 Å². The molecule has 1 aromatic heterocycles. The summed E-state index contributed by atoms with van der Waals surface area (Å²) < 4.78 is 63.4. The number of phosphoric ester groups is 1. The molecule has 30 heavy (non-hydrogen) atoms. The van der Waals surface area contributed by atoms with Crippen LogP contribution in [-0.4, -0.2) is 64.3 Å². The van der Waals surface area contributed by atoms with Crippen molar-refractivity contribution in [2.75, 3.05) is 6.61 Å². The Morgan fingerprint density at radius 2 is 1.67 bits per heavy atom. The number of aromatic nitrogens is 2. The first-order chi connectivity index (χ1) is 13.5. The van der Waals surface area contributed by atoms with Gasteiger partial charge in [0.05, 0.1) is 12.8 Å². The molecule has 0 aromatic carbocycles. The van der Waals surface area contributed by atoms with Gasteiger partial charge in [-0.1, -0.05) is 0 Å². The molecule has 2 rings (SSSR count). The number of aliphatic hydroxyl groups excluding tert-OH is 2. The van der Waals surface area contributed by atoms with Gasteiger partial charge in [-0.3, -0.25) is 18.9 Å². The van der Waals surface area contributed by atoms with Crippen molar-refractivity contribution in [3.05, 3.63) is 32.9 Å². The van der Waals surface area contributed by atoms with Crippen LogP contribution in [0.5, 0.6) is 0 Å². The van der Waals surface area contributed by atoms with E-state index in [4.69, 9.17) is 19.4 Å². The Bertz CT molecular complexity index is 1050. The van der Waals surface area contributed by atoms with Crippen molar-refractivity contribution in [3.8, 4) is 0 Å². The van der Waals surface area contributed by atoms with Crippen molar-refractivity contribution in [2.45, 2.75) is 24.5 Å². The molecule has 6 atom stereocenters. The topological polar surface area (TPSA) is 264 Å². The number of hydrogen-bond donors (Lipinski definition) is 7. The Kier molecular flexibility index (Phi) is 7.38. The van der Waals surface area contributed by atoms with Gasteiger partial charge in [0.2, 0.25) is 5.82 Å². The van der Waals surface area contributed by atoms with Gasteiger partial charge in [-0.2, -0.15) is 13.0 Å². The molecule has 172 valence electrons. The van der Waals surface area contributed by atoms with Crippen LogP contribution in [0.25, 0.3) is 0 Å². The second-order valence-electron chi connectivity index (χ2n) is 5.58. The smallest absolute Gasteiger partial charge is 0.387 e. The molecule has 0 aliphatic carbocycles. The Morgan fingerprint density at radius 3 is 2.23 bits per heavy atom. The SMILES string of the molecule is O=c1[nH]c(=O)n([C@@H]2O[C@H](COP(=O)(O)OP(=O)(O)OP(=O)(O)O)[C@@H](O)[C@H]2O)c[13c]1F. The van der Waals surface area contributed by atoms with Crippen molar-refractivity contribution < 1.29 is 65.8 Å². The first-order valence-corrected chi connectivity index (χ1v) is 11.8. The number of halogens is 1. The van der Waals surface area contributed by atoms with Gasteiger partial charge < -0.3 is 34.5 Å². The van der Waals surface area contributed by atoms with Gasteiger partial charge >= 0.3 is 29.2 Å². The molecule has 2 unspecified atom stereocenters. The lowest BCUT2D eigenvalue weighted by atomic mass is 10.1. The van der Waals surface area contributed by atoms with E-state index in [0.717, 1.165) is 0 Å². The molecule has 0 saturated carbocycles. The van der Waals surface area contributed by atoms with Gasteiger partial charge in [-0.15, -0.1) is 0 Å². The third-order valence-electron chi connectivity index (χ3n) is 3.35. The second-order valence-corrected chi connectivity index (χ2v) is 10.00. The highest BCUT2D eigenvalue weighted by Gasteiger charge is 2.46. The molecule has 17 nitrogen and oxygen atoms in total. The molecule has 21 heteroatoms. The lowest BCUT2D eigenvalue weighted by molar-refractivity contribution is -0.0546. The number of rotatable bonds is 8. The van der Waals surface area contributed by atoms with Gasteiger partial charge in [-0.25, -0.2) is 18.5 Å². The van der Waals surface area contributed by atoms with Gasteiger partial charge in [0.1, 0.15) is 18.3 Å². The second kappa shape index (κ2) is 8.80. The van der Waals surface area contributed by atoms with Gasteiger partial charge in [0.15, 0.2) is 6.23 Å². The molecule has 1 aromatic rings. The van der Waals surface area contributed by atoms with E-state index in [1.54, 1.807) is 4.98 Å². The van der Waals surface area contributed by atoms with Crippen LogP contribution in [-0.2, 0) is 31.6 Å². The fourth-order valence-corrected chi connectivity index (χ4v) is 5.25. The highest BCUT2D eigenvalue weighted by molar-refractivity contribution is 7.66. The number of nitrogens with one attached hydrogen (secondary N) is 1.